The van der Waals surface area contributed by atoms with Gasteiger partial charge < -0.3 is 19.5 Å². The number of amides is 3. The lowest BCUT2D eigenvalue weighted by Gasteiger charge is -2.11. The molecule has 0 saturated heterocycles. The molecule has 0 fully saturated rings. The molecule has 160 valence electrons. The zero-order chi connectivity index (χ0) is 20.7. The van der Waals surface area contributed by atoms with Gasteiger partial charge >= 0.3 is 22.3 Å². The molecule has 0 radical (unpaired) electrons. The normalized spacial score (nSPS) is 11.5. The van der Waals surface area contributed by atoms with Crippen LogP contribution in [0.2, 0.25) is 0 Å². The van der Waals surface area contributed by atoms with E-state index in [0.29, 0.717) is 19.1 Å². The van der Waals surface area contributed by atoms with Crippen LogP contribution >= 0.6 is 0 Å². The molecule has 0 aromatic rings. The third-order valence-electron chi connectivity index (χ3n) is 2.80. The van der Waals surface area contributed by atoms with E-state index in [0.717, 1.165) is 19.4 Å². The summed E-state index contributed by atoms with van der Waals surface area (Å²) < 4.78 is 41.8. The highest BCUT2D eigenvalue weighted by Gasteiger charge is 2.18. The number of hydrogen-bond acceptors (Lipinski definition) is 7. The summed E-state index contributed by atoms with van der Waals surface area (Å²) in [4.78, 5) is 22.8. The van der Waals surface area contributed by atoms with Gasteiger partial charge in [0, 0.05) is 26.4 Å². The smallest absolute Gasteiger partial charge is 0.422 e. The Kier molecular flexibility index (Phi) is 13.6. The lowest BCUT2D eigenvalue weighted by atomic mass is 10.2. The minimum Gasteiger partial charge on any atom is -0.449 e. The Hall–Kier alpha value is -1.59. The van der Waals surface area contributed by atoms with Gasteiger partial charge in [-0.25, -0.2) is 19.0 Å². The summed E-state index contributed by atoms with van der Waals surface area (Å²) in [7, 11) is -4.34. The molecule has 0 saturated carbocycles. The van der Waals surface area contributed by atoms with Crippen LogP contribution in [-0.4, -0.2) is 60.1 Å². The maximum absolute atomic E-state index is 11.6. The number of urea groups is 1. The van der Waals surface area contributed by atoms with Crippen molar-refractivity contribution in [2.24, 2.45) is 11.8 Å². The van der Waals surface area contributed by atoms with E-state index in [2.05, 4.69) is 23.9 Å². The van der Waals surface area contributed by atoms with E-state index in [9.17, 15) is 18.0 Å². The fraction of sp³-hybridized carbons (Fsp3) is 0.875. The van der Waals surface area contributed by atoms with E-state index in [1.807, 2.05) is 0 Å². The van der Waals surface area contributed by atoms with Gasteiger partial charge in [0.25, 0.3) is 0 Å². The molecule has 0 heterocycles. The molecule has 3 amide bonds. The quantitative estimate of drug-likeness (QED) is 0.368. The minimum absolute atomic E-state index is 0.0577. The molecule has 0 aromatic heterocycles. The van der Waals surface area contributed by atoms with Crippen LogP contribution in [0, 0.1) is 11.8 Å². The maximum atomic E-state index is 11.6. The van der Waals surface area contributed by atoms with Crippen LogP contribution in [0.25, 0.3) is 0 Å². The van der Waals surface area contributed by atoms with Crippen LogP contribution in [0.1, 0.15) is 40.5 Å². The molecule has 0 unspecified atom stereocenters. The van der Waals surface area contributed by atoms with Crippen LogP contribution in [0.15, 0.2) is 0 Å². The van der Waals surface area contributed by atoms with Crippen molar-refractivity contribution in [2.45, 2.75) is 40.5 Å². The second-order valence-electron chi connectivity index (χ2n) is 6.74. The fourth-order valence-electron chi connectivity index (χ4n) is 1.63. The molecular weight excluding hydrogens is 378 g/mol. The van der Waals surface area contributed by atoms with Gasteiger partial charge in [0.2, 0.25) is 0 Å². The number of unbranched alkanes of at least 4 members (excludes halogenated alkanes) is 1. The predicted octanol–water partition coefficient (Wildman–Crippen LogP) is 1.38. The summed E-state index contributed by atoms with van der Waals surface area (Å²) in [6.07, 6.45) is 0.572. The molecule has 27 heavy (non-hydrogen) atoms. The molecule has 0 aliphatic carbocycles. The third-order valence-corrected chi connectivity index (χ3v) is 3.69. The van der Waals surface area contributed by atoms with Gasteiger partial charge in [-0.3, -0.25) is 0 Å². The van der Waals surface area contributed by atoms with Gasteiger partial charge in [-0.1, -0.05) is 27.7 Å². The van der Waals surface area contributed by atoms with E-state index >= 15 is 0 Å². The summed E-state index contributed by atoms with van der Waals surface area (Å²) in [5.41, 5.74) is 0. The van der Waals surface area contributed by atoms with Crippen molar-refractivity contribution >= 4 is 22.3 Å². The first-order valence-electron chi connectivity index (χ1n) is 9.03. The van der Waals surface area contributed by atoms with Crippen LogP contribution in [0.3, 0.4) is 0 Å². The van der Waals surface area contributed by atoms with Crippen LogP contribution < -0.4 is 14.8 Å². The number of nitrogens with one attached hydrogen (secondary N) is 3. The molecule has 0 atom stereocenters. The Morgan fingerprint density at radius 2 is 1.44 bits per heavy atom. The monoisotopic (exact) mass is 411 g/mol. The molecule has 0 spiro atoms. The Balaban J connectivity index is 3.71. The standard InChI is InChI=1S/C16H33N3O7S/c1-13(2)11-25-9-6-5-8-24-10-7-17-15(20)18-27(22,23)19-16(21)26-12-14(3)4/h13-14H,5-12H2,1-4H3,(H,19,21)(H2,17,18,20). The second-order valence-corrected chi connectivity index (χ2v) is 8.16. The van der Waals surface area contributed by atoms with Gasteiger partial charge in [-0.05, 0) is 24.7 Å². The van der Waals surface area contributed by atoms with Gasteiger partial charge in [0.05, 0.1) is 13.2 Å². The Morgan fingerprint density at radius 1 is 0.852 bits per heavy atom. The largest absolute Gasteiger partial charge is 0.449 e. The molecule has 11 heteroatoms. The Morgan fingerprint density at radius 3 is 2.04 bits per heavy atom. The highest BCUT2D eigenvalue weighted by atomic mass is 32.2. The first-order valence-corrected chi connectivity index (χ1v) is 10.5. The van der Waals surface area contributed by atoms with Gasteiger partial charge in [-0.15, -0.1) is 0 Å². The van der Waals surface area contributed by atoms with Crippen LogP contribution in [0.5, 0.6) is 0 Å². The summed E-state index contributed by atoms with van der Waals surface area (Å²) in [6, 6.07) is -0.968. The fourth-order valence-corrected chi connectivity index (χ4v) is 2.28. The average Bonchev–Trinajstić information content (AvgIpc) is 2.53. The molecule has 0 aliphatic rings. The van der Waals surface area contributed by atoms with Gasteiger partial charge in [-0.2, -0.15) is 8.42 Å². The molecule has 0 aromatic carbocycles. The lowest BCUT2D eigenvalue weighted by molar-refractivity contribution is 0.0908. The topological polar surface area (TPSA) is 132 Å². The van der Waals surface area contributed by atoms with E-state index in [1.54, 1.807) is 23.3 Å². The minimum atomic E-state index is -4.34. The van der Waals surface area contributed by atoms with Gasteiger partial charge in [0.15, 0.2) is 0 Å². The SMILES string of the molecule is CC(C)COCCCCOCCNC(=O)NS(=O)(=O)NC(=O)OCC(C)C. The molecule has 3 N–H and O–H groups in total. The summed E-state index contributed by atoms with van der Waals surface area (Å²) in [5, 5.41) is 2.31. The first kappa shape index (κ1) is 25.4. The lowest BCUT2D eigenvalue weighted by Crippen LogP contribution is -2.47. The highest BCUT2D eigenvalue weighted by Crippen LogP contribution is 1.96. The molecular formula is C16H33N3O7S. The number of carbonyl (C=O) groups is 2. The van der Waals surface area contributed by atoms with Gasteiger partial charge in [0.1, 0.15) is 0 Å². The van der Waals surface area contributed by atoms with Crippen molar-refractivity contribution in [3.63, 3.8) is 0 Å². The summed E-state index contributed by atoms with van der Waals surface area (Å²) in [6.45, 7) is 10.2. The van der Waals surface area contributed by atoms with E-state index in [-0.39, 0.29) is 25.7 Å². The van der Waals surface area contributed by atoms with E-state index in [1.165, 1.54) is 0 Å². The van der Waals surface area contributed by atoms with Crippen molar-refractivity contribution in [3.8, 4) is 0 Å². The molecule has 0 rings (SSSR count). The zero-order valence-electron chi connectivity index (χ0n) is 16.6. The number of rotatable bonds is 14. The summed E-state index contributed by atoms with van der Waals surface area (Å²) >= 11 is 0. The number of ether oxygens (including phenoxy) is 3. The first-order chi connectivity index (χ1) is 12.6. The maximum Gasteiger partial charge on any atom is 0.422 e. The predicted molar refractivity (Wildman–Crippen MR) is 100 cm³/mol. The Labute approximate surface area is 161 Å². The van der Waals surface area contributed by atoms with E-state index in [4.69, 9.17) is 9.47 Å². The number of carbonyl (C=O) groups excluding carboxylic acids is 2. The molecule has 0 aliphatic heterocycles. The van der Waals surface area contributed by atoms with Crippen molar-refractivity contribution in [1.29, 1.82) is 0 Å². The third kappa shape index (κ3) is 17.6. The van der Waals surface area contributed by atoms with Crippen molar-refractivity contribution in [3.05, 3.63) is 0 Å². The van der Waals surface area contributed by atoms with Crippen LogP contribution in [-0.2, 0) is 24.4 Å². The van der Waals surface area contributed by atoms with E-state index < -0.39 is 22.3 Å². The van der Waals surface area contributed by atoms with Crippen LogP contribution in [0.4, 0.5) is 9.59 Å². The van der Waals surface area contributed by atoms with Crippen molar-refractivity contribution in [1.82, 2.24) is 14.8 Å². The molecule has 0 bridgehead atoms. The number of hydrogen-bond donors (Lipinski definition) is 3. The Bertz CT molecular complexity index is 524. The van der Waals surface area contributed by atoms with Crippen molar-refractivity contribution < 1.29 is 32.2 Å². The average molecular weight is 412 g/mol. The summed E-state index contributed by atoms with van der Waals surface area (Å²) in [5.74, 6) is 0.574. The molecule has 10 nitrogen and oxygen atoms in total. The second kappa shape index (κ2) is 14.5. The zero-order valence-corrected chi connectivity index (χ0v) is 17.4. The highest BCUT2D eigenvalue weighted by molar-refractivity contribution is 7.88. The van der Waals surface area contributed by atoms with Crippen molar-refractivity contribution in [2.75, 3.05) is 39.6 Å².